The molecule has 1 saturated heterocycles. The smallest absolute Gasteiger partial charge is 0.350 e. The van der Waals surface area contributed by atoms with Crippen LogP contribution in [0.25, 0.3) is 0 Å². The molecule has 0 atom stereocenters. The van der Waals surface area contributed by atoms with Gasteiger partial charge in [0.05, 0.1) is 12.3 Å². The maximum atomic E-state index is 11.6. The van der Waals surface area contributed by atoms with Crippen LogP contribution in [0.4, 0.5) is 5.69 Å². The SMILES string of the molecule is Nc1ccsc1C(=O)OCCCN1CCCC1. The average Bonchev–Trinajstić information content (AvgIpc) is 2.95. The minimum atomic E-state index is -0.293. The third-order valence-electron chi connectivity index (χ3n) is 2.93. The van der Waals surface area contributed by atoms with Crippen molar-refractivity contribution in [3.8, 4) is 0 Å². The van der Waals surface area contributed by atoms with Crippen molar-refractivity contribution in [1.82, 2.24) is 4.90 Å². The lowest BCUT2D eigenvalue weighted by atomic mass is 10.4. The first kappa shape index (κ1) is 12.4. The van der Waals surface area contributed by atoms with Gasteiger partial charge in [-0.25, -0.2) is 4.79 Å². The van der Waals surface area contributed by atoms with Crippen LogP contribution in [-0.2, 0) is 4.74 Å². The Morgan fingerprint density at radius 2 is 2.24 bits per heavy atom. The van der Waals surface area contributed by atoms with Crippen LogP contribution in [0, 0.1) is 0 Å². The number of thiophene rings is 1. The number of nitrogens with two attached hydrogens (primary N) is 1. The highest BCUT2D eigenvalue weighted by Gasteiger charge is 2.13. The lowest BCUT2D eigenvalue weighted by Gasteiger charge is -2.13. The number of nitrogens with zero attached hydrogens (tertiary/aromatic N) is 1. The van der Waals surface area contributed by atoms with Gasteiger partial charge >= 0.3 is 5.97 Å². The van der Waals surface area contributed by atoms with Crippen LogP contribution in [0.2, 0.25) is 0 Å². The van der Waals surface area contributed by atoms with Gasteiger partial charge in [0.2, 0.25) is 0 Å². The minimum absolute atomic E-state index is 0.293. The van der Waals surface area contributed by atoms with E-state index < -0.39 is 0 Å². The Morgan fingerprint density at radius 3 is 2.88 bits per heavy atom. The summed E-state index contributed by atoms with van der Waals surface area (Å²) in [6, 6.07) is 1.73. The van der Waals surface area contributed by atoms with Crippen LogP contribution in [-0.4, -0.2) is 37.1 Å². The summed E-state index contributed by atoms with van der Waals surface area (Å²) in [5.41, 5.74) is 6.16. The molecule has 1 aromatic rings. The number of carbonyl (C=O) groups excluding carboxylic acids is 1. The summed E-state index contributed by atoms with van der Waals surface area (Å²) < 4.78 is 5.19. The molecule has 1 aliphatic rings. The number of esters is 1. The average molecular weight is 254 g/mol. The quantitative estimate of drug-likeness (QED) is 0.645. The fourth-order valence-electron chi connectivity index (χ4n) is 2.01. The van der Waals surface area contributed by atoms with Gasteiger partial charge in [0.25, 0.3) is 0 Å². The van der Waals surface area contributed by atoms with Gasteiger partial charge in [-0.05, 0) is 43.8 Å². The highest BCUT2D eigenvalue weighted by molar-refractivity contribution is 7.12. The summed E-state index contributed by atoms with van der Waals surface area (Å²) in [4.78, 5) is 14.5. The van der Waals surface area contributed by atoms with Crippen molar-refractivity contribution in [3.05, 3.63) is 16.3 Å². The fraction of sp³-hybridized carbons (Fsp3) is 0.583. The molecule has 17 heavy (non-hydrogen) atoms. The zero-order valence-corrected chi connectivity index (χ0v) is 10.7. The molecule has 0 bridgehead atoms. The fourth-order valence-corrected chi connectivity index (χ4v) is 2.72. The van der Waals surface area contributed by atoms with Gasteiger partial charge in [-0.15, -0.1) is 11.3 Å². The maximum Gasteiger partial charge on any atom is 0.350 e. The summed E-state index contributed by atoms with van der Waals surface area (Å²) in [6.07, 6.45) is 3.49. The van der Waals surface area contributed by atoms with Crippen LogP contribution >= 0.6 is 11.3 Å². The summed E-state index contributed by atoms with van der Waals surface area (Å²) in [6.45, 7) is 3.87. The van der Waals surface area contributed by atoms with E-state index >= 15 is 0 Å². The van der Waals surface area contributed by atoms with Gasteiger partial charge in [-0.3, -0.25) is 0 Å². The molecule has 0 unspecified atom stereocenters. The Balaban J connectivity index is 1.65. The molecule has 2 heterocycles. The van der Waals surface area contributed by atoms with Crippen molar-refractivity contribution in [3.63, 3.8) is 0 Å². The van der Waals surface area contributed by atoms with Gasteiger partial charge in [0.1, 0.15) is 4.88 Å². The lowest BCUT2D eigenvalue weighted by Crippen LogP contribution is -2.22. The topological polar surface area (TPSA) is 55.6 Å². The van der Waals surface area contributed by atoms with Crippen molar-refractivity contribution in [2.45, 2.75) is 19.3 Å². The first-order chi connectivity index (χ1) is 8.27. The zero-order valence-electron chi connectivity index (χ0n) is 9.85. The summed E-state index contributed by atoms with van der Waals surface area (Å²) in [5.74, 6) is -0.293. The Kier molecular flexibility index (Phi) is 4.39. The molecule has 2 rings (SSSR count). The van der Waals surface area contributed by atoms with E-state index in [2.05, 4.69) is 4.90 Å². The number of nitrogen functional groups attached to an aromatic ring is 1. The number of likely N-dealkylation sites (tertiary alicyclic amines) is 1. The number of rotatable bonds is 5. The Labute approximate surface area is 105 Å². The van der Waals surface area contributed by atoms with Crippen LogP contribution < -0.4 is 5.73 Å². The number of hydrogen-bond acceptors (Lipinski definition) is 5. The van der Waals surface area contributed by atoms with E-state index in [-0.39, 0.29) is 5.97 Å². The van der Waals surface area contributed by atoms with Crippen molar-refractivity contribution < 1.29 is 9.53 Å². The van der Waals surface area contributed by atoms with Crippen molar-refractivity contribution in [1.29, 1.82) is 0 Å². The molecular weight excluding hydrogens is 236 g/mol. The molecule has 0 saturated carbocycles. The van der Waals surface area contributed by atoms with Gasteiger partial charge in [0, 0.05) is 6.54 Å². The van der Waals surface area contributed by atoms with Gasteiger partial charge in [-0.2, -0.15) is 0 Å². The van der Waals surface area contributed by atoms with E-state index in [9.17, 15) is 4.79 Å². The molecule has 94 valence electrons. The number of ether oxygens (including phenoxy) is 1. The highest BCUT2D eigenvalue weighted by Crippen LogP contribution is 2.19. The third-order valence-corrected chi connectivity index (χ3v) is 3.84. The number of hydrogen-bond donors (Lipinski definition) is 1. The molecule has 2 N–H and O–H groups in total. The molecule has 0 amide bonds. The first-order valence-electron chi connectivity index (χ1n) is 6.00. The molecule has 0 radical (unpaired) electrons. The predicted octanol–water partition coefficient (Wildman–Crippen LogP) is 1.97. The van der Waals surface area contributed by atoms with Crippen molar-refractivity contribution in [2.75, 3.05) is 32.0 Å². The number of carbonyl (C=O) groups is 1. The second-order valence-corrected chi connectivity index (χ2v) is 5.16. The van der Waals surface area contributed by atoms with Crippen molar-refractivity contribution in [2.24, 2.45) is 0 Å². The molecular formula is C12H18N2O2S. The molecule has 0 aromatic carbocycles. The first-order valence-corrected chi connectivity index (χ1v) is 6.88. The molecule has 0 spiro atoms. The Hall–Kier alpha value is -1.07. The van der Waals surface area contributed by atoms with Crippen LogP contribution in [0.5, 0.6) is 0 Å². The predicted molar refractivity (Wildman–Crippen MR) is 69.3 cm³/mol. The van der Waals surface area contributed by atoms with Gasteiger partial charge in [0.15, 0.2) is 0 Å². The monoisotopic (exact) mass is 254 g/mol. The van der Waals surface area contributed by atoms with Gasteiger partial charge < -0.3 is 15.4 Å². The van der Waals surface area contributed by atoms with E-state index in [1.807, 2.05) is 0 Å². The van der Waals surface area contributed by atoms with Crippen LogP contribution in [0.15, 0.2) is 11.4 Å². The summed E-state index contributed by atoms with van der Waals surface area (Å²) >= 11 is 1.33. The second kappa shape index (κ2) is 6.02. The molecule has 1 aliphatic heterocycles. The minimum Gasteiger partial charge on any atom is -0.461 e. The third kappa shape index (κ3) is 3.44. The normalized spacial score (nSPS) is 16.2. The largest absolute Gasteiger partial charge is 0.461 e. The Morgan fingerprint density at radius 1 is 1.47 bits per heavy atom. The lowest BCUT2D eigenvalue weighted by molar-refractivity contribution is 0.0498. The molecule has 1 fully saturated rings. The molecule has 5 heteroatoms. The second-order valence-electron chi connectivity index (χ2n) is 4.24. The van der Waals surface area contributed by atoms with Crippen LogP contribution in [0.3, 0.4) is 0 Å². The van der Waals surface area contributed by atoms with Gasteiger partial charge in [-0.1, -0.05) is 0 Å². The van der Waals surface area contributed by atoms with E-state index in [0.717, 1.165) is 13.0 Å². The van der Waals surface area contributed by atoms with E-state index in [1.54, 1.807) is 11.4 Å². The van der Waals surface area contributed by atoms with Crippen LogP contribution in [0.1, 0.15) is 28.9 Å². The van der Waals surface area contributed by atoms with E-state index in [0.29, 0.717) is 17.2 Å². The zero-order chi connectivity index (χ0) is 12.1. The standard InChI is InChI=1S/C12H18N2O2S/c13-10-4-9-17-11(10)12(15)16-8-3-7-14-5-1-2-6-14/h4,9H,1-3,5-8,13H2. The molecule has 0 aliphatic carbocycles. The molecule has 4 nitrogen and oxygen atoms in total. The maximum absolute atomic E-state index is 11.6. The van der Waals surface area contributed by atoms with E-state index in [4.69, 9.17) is 10.5 Å². The van der Waals surface area contributed by atoms with Crippen molar-refractivity contribution >= 4 is 23.0 Å². The summed E-state index contributed by atoms with van der Waals surface area (Å²) in [5, 5.41) is 1.80. The number of anilines is 1. The highest BCUT2D eigenvalue weighted by atomic mass is 32.1. The Bertz CT molecular complexity index is 372. The molecule has 1 aromatic heterocycles. The van der Waals surface area contributed by atoms with E-state index in [1.165, 1.54) is 37.3 Å². The summed E-state index contributed by atoms with van der Waals surface area (Å²) in [7, 11) is 0.